The summed E-state index contributed by atoms with van der Waals surface area (Å²) in [5.41, 5.74) is 6.65. The van der Waals surface area contributed by atoms with Crippen LogP contribution >= 0.6 is 15.8 Å². The van der Waals surface area contributed by atoms with Crippen LogP contribution in [0.25, 0.3) is 44.1 Å². The summed E-state index contributed by atoms with van der Waals surface area (Å²) in [5.74, 6) is 1.81. The van der Waals surface area contributed by atoms with Crippen molar-refractivity contribution in [3.63, 3.8) is 0 Å². The summed E-state index contributed by atoms with van der Waals surface area (Å²) in [6, 6.07) is 89.5. The molecule has 2 aromatic heterocycles. The fraction of sp³-hybridized carbons (Fsp3) is 0. The zero-order valence-electron chi connectivity index (χ0n) is 35.6. The first-order valence-corrected chi connectivity index (χ1v) is 24.4. The smallest absolute Gasteiger partial charge is 0.135 e. The highest BCUT2D eigenvalue weighted by Gasteiger charge is 2.24. The van der Waals surface area contributed by atoms with Crippen LogP contribution in [0.3, 0.4) is 0 Å². The van der Waals surface area contributed by atoms with Gasteiger partial charge in [-0.3, -0.25) is 9.97 Å². The Morgan fingerprint density at radius 2 is 0.569 bits per heavy atom. The number of rotatable bonds is 10. The number of hydrogen-bond acceptors (Lipinski definition) is 3. The minimum Gasteiger partial charge on any atom is -0.456 e. The van der Waals surface area contributed by atoms with Gasteiger partial charge < -0.3 is 4.74 Å². The van der Waals surface area contributed by atoms with E-state index in [0.29, 0.717) is 0 Å². The van der Waals surface area contributed by atoms with Gasteiger partial charge in [0.25, 0.3) is 0 Å². The molecule has 310 valence electrons. The van der Waals surface area contributed by atoms with Crippen LogP contribution in [0.2, 0.25) is 0 Å². The maximum Gasteiger partial charge on any atom is 0.135 e. The molecular formula is C60H44N2OP2. The van der Waals surface area contributed by atoms with Crippen molar-refractivity contribution in [3.8, 4) is 33.8 Å². The number of pyridine rings is 2. The quantitative estimate of drug-likeness (QED) is 0.101. The molecule has 2 heterocycles. The van der Waals surface area contributed by atoms with Crippen LogP contribution in [0.5, 0.6) is 11.5 Å². The largest absolute Gasteiger partial charge is 0.456 e. The summed E-state index contributed by atoms with van der Waals surface area (Å²) < 4.78 is 6.92. The molecule has 0 aliphatic heterocycles. The predicted octanol–water partition coefficient (Wildman–Crippen LogP) is 13.1. The molecule has 0 aliphatic carbocycles. The normalized spacial score (nSPS) is 11.0. The standard InChI is InChI=1S/C36H28OP2.C24H16N2/c1-5-17-29(18-6-1)38(30-19-7-2-8-20-30)35-27-15-13-25-33(35)37-34-26-14-16-28-36(34)39(31-21-9-3-10-22-31)32-23-11-4-12-24-32;1-3-7-17(8-4-1)19-13-15-25-23-21(19)11-12-22-20(14-16-26-24(22)23)18-9-5-2-6-10-18/h1-28H;1-16H. The van der Waals surface area contributed by atoms with Crippen molar-refractivity contribution in [2.75, 3.05) is 0 Å². The maximum absolute atomic E-state index is 6.92. The third-order valence-corrected chi connectivity index (χ3v) is 16.2. The highest BCUT2D eigenvalue weighted by Crippen LogP contribution is 2.41. The second-order valence-corrected chi connectivity index (χ2v) is 19.7. The van der Waals surface area contributed by atoms with Gasteiger partial charge in [0.1, 0.15) is 11.5 Å². The first kappa shape index (κ1) is 41.5. The molecule has 0 fully saturated rings. The van der Waals surface area contributed by atoms with Gasteiger partial charge in [0.05, 0.1) is 11.0 Å². The van der Waals surface area contributed by atoms with E-state index in [-0.39, 0.29) is 0 Å². The Morgan fingerprint density at radius 1 is 0.277 bits per heavy atom. The van der Waals surface area contributed by atoms with Crippen molar-refractivity contribution >= 4 is 69.5 Å². The lowest BCUT2D eigenvalue weighted by atomic mass is 9.97. The number of para-hydroxylation sites is 2. The average molecular weight is 871 g/mol. The molecule has 0 aliphatic rings. The molecule has 0 saturated carbocycles. The first-order chi connectivity index (χ1) is 32.3. The molecule has 0 atom stereocenters. The fourth-order valence-electron chi connectivity index (χ4n) is 8.30. The zero-order valence-corrected chi connectivity index (χ0v) is 37.4. The van der Waals surface area contributed by atoms with E-state index in [1.165, 1.54) is 54.1 Å². The lowest BCUT2D eigenvalue weighted by Crippen LogP contribution is -2.23. The molecule has 3 nitrogen and oxygen atoms in total. The van der Waals surface area contributed by atoms with E-state index in [1.54, 1.807) is 0 Å². The molecule has 11 aromatic rings. The van der Waals surface area contributed by atoms with Crippen molar-refractivity contribution in [1.82, 2.24) is 9.97 Å². The van der Waals surface area contributed by atoms with Crippen LogP contribution in [-0.2, 0) is 0 Å². The van der Waals surface area contributed by atoms with Gasteiger partial charge in [0, 0.05) is 33.8 Å². The lowest BCUT2D eigenvalue weighted by Gasteiger charge is -2.25. The predicted molar refractivity (Wildman–Crippen MR) is 278 cm³/mol. The van der Waals surface area contributed by atoms with Gasteiger partial charge in [-0.05, 0) is 83.6 Å². The van der Waals surface area contributed by atoms with E-state index < -0.39 is 15.8 Å². The van der Waals surface area contributed by atoms with Gasteiger partial charge in [-0.25, -0.2) is 0 Å². The third-order valence-electron chi connectivity index (χ3n) is 11.3. The van der Waals surface area contributed by atoms with E-state index in [2.05, 4.69) is 253 Å². The van der Waals surface area contributed by atoms with Gasteiger partial charge >= 0.3 is 0 Å². The first-order valence-electron chi connectivity index (χ1n) is 21.7. The molecule has 0 radical (unpaired) electrons. The average Bonchev–Trinajstić information content (AvgIpc) is 3.39. The van der Waals surface area contributed by atoms with Gasteiger partial charge in [0.2, 0.25) is 0 Å². The highest BCUT2D eigenvalue weighted by molar-refractivity contribution is 7.80. The minimum atomic E-state index is -0.795. The summed E-state index contributed by atoms with van der Waals surface area (Å²) in [5, 5.41) is 9.90. The van der Waals surface area contributed by atoms with Gasteiger partial charge in [-0.1, -0.05) is 231 Å². The van der Waals surface area contributed by atoms with E-state index >= 15 is 0 Å². The Hall–Kier alpha value is -7.54. The van der Waals surface area contributed by atoms with Gasteiger partial charge in [0.15, 0.2) is 0 Å². The molecule has 0 spiro atoms. The van der Waals surface area contributed by atoms with Crippen LogP contribution in [0.15, 0.2) is 267 Å². The van der Waals surface area contributed by atoms with Gasteiger partial charge in [-0.15, -0.1) is 0 Å². The molecule has 65 heavy (non-hydrogen) atoms. The molecule has 5 heteroatoms. The van der Waals surface area contributed by atoms with Crippen LogP contribution in [0.4, 0.5) is 0 Å². The van der Waals surface area contributed by atoms with Crippen LogP contribution < -0.4 is 36.6 Å². The van der Waals surface area contributed by atoms with Crippen molar-refractivity contribution in [2.24, 2.45) is 0 Å². The summed E-state index contributed by atoms with van der Waals surface area (Å²) in [6.45, 7) is 0. The van der Waals surface area contributed by atoms with Crippen molar-refractivity contribution in [1.29, 1.82) is 0 Å². The number of fused-ring (bicyclic) bond motifs is 3. The number of ether oxygens (including phenoxy) is 1. The van der Waals surface area contributed by atoms with Crippen LogP contribution in [-0.4, -0.2) is 9.97 Å². The molecule has 0 N–H and O–H groups in total. The molecule has 0 amide bonds. The van der Waals surface area contributed by atoms with E-state index in [9.17, 15) is 0 Å². The Kier molecular flexibility index (Phi) is 12.7. The highest BCUT2D eigenvalue weighted by atomic mass is 31.1. The molecule has 11 rings (SSSR count). The Bertz CT molecular complexity index is 2980. The van der Waals surface area contributed by atoms with Crippen molar-refractivity contribution in [3.05, 3.63) is 267 Å². The maximum atomic E-state index is 6.92. The third kappa shape index (κ3) is 9.13. The Labute approximate surface area is 383 Å². The molecule has 9 aromatic carbocycles. The molecular weight excluding hydrogens is 827 g/mol. The van der Waals surface area contributed by atoms with Crippen LogP contribution in [0.1, 0.15) is 0 Å². The summed E-state index contributed by atoms with van der Waals surface area (Å²) in [4.78, 5) is 9.34. The minimum absolute atomic E-state index is 0.795. The summed E-state index contributed by atoms with van der Waals surface area (Å²) >= 11 is 0. The molecule has 0 saturated heterocycles. The Morgan fingerprint density at radius 3 is 0.908 bits per heavy atom. The topological polar surface area (TPSA) is 35.0 Å². The molecule has 0 unspecified atom stereocenters. The summed E-state index contributed by atoms with van der Waals surface area (Å²) in [7, 11) is -1.59. The van der Waals surface area contributed by atoms with E-state index in [0.717, 1.165) is 33.3 Å². The second-order valence-electron chi connectivity index (χ2n) is 15.4. The summed E-state index contributed by atoms with van der Waals surface area (Å²) in [6.07, 6.45) is 3.75. The SMILES string of the molecule is c1ccc(-c2ccnc3c2ccc2c(-c4ccccc4)ccnc23)cc1.c1ccc(P(c2ccccc2)c2ccccc2Oc2ccccc2P(c2ccccc2)c2ccccc2)cc1. The number of nitrogens with zero attached hydrogens (tertiary/aromatic N) is 2. The van der Waals surface area contributed by atoms with Crippen LogP contribution in [0, 0.1) is 0 Å². The van der Waals surface area contributed by atoms with E-state index in [1.807, 2.05) is 24.5 Å². The van der Waals surface area contributed by atoms with E-state index in [4.69, 9.17) is 4.74 Å². The number of aromatic nitrogens is 2. The van der Waals surface area contributed by atoms with Crippen molar-refractivity contribution < 1.29 is 4.74 Å². The number of hydrogen-bond donors (Lipinski definition) is 0. The number of benzene rings is 9. The molecule has 0 bridgehead atoms. The monoisotopic (exact) mass is 870 g/mol. The van der Waals surface area contributed by atoms with Gasteiger partial charge in [-0.2, -0.15) is 0 Å². The van der Waals surface area contributed by atoms with Crippen molar-refractivity contribution in [2.45, 2.75) is 0 Å². The fourth-order valence-corrected chi connectivity index (χ4v) is 13.0. The Balaban J connectivity index is 0.000000166. The second kappa shape index (κ2) is 19.9. The zero-order chi connectivity index (χ0) is 43.6. The lowest BCUT2D eigenvalue weighted by molar-refractivity contribution is 0.491.